The molecule has 0 spiro atoms. The first-order valence-corrected chi connectivity index (χ1v) is 4.08. The number of Topliss-reactive ketones (excluding diaryl/α,β-unsaturated/α-hetero) is 1. The number of nitrogens with one attached hydrogen (secondary N) is 1. The normalized spacial score (nSPS) is 9.42. The molecule has 0 fully saturated rings. The molecule has 1 N–H and O–H groups in total. The van der Waals surface area contributed by atoms with Gasteiger partial charge in [0.25, 0.3) is 5.91 Å². The highest BCUT2D eigenvalue weighted by atomic mass is 32.1. The number of carbonyl (C=O) groups is 2. The average molecular weight is 185 g/mol. The van der Waals surface area contributed by atoms with Crippen LogP contribution in [0.5, 0.6) is 0 Å². The molecular weight excluding hydrogens is 178 g/mol. The zero-order valence-electron chi connectivity index (χ0n) is 6.40. The number of hydrogen-bond acceptors (Lipinski definition) is 5. The Labute approximate surface area is 73.0 Å². The van der Waals surface area contributed by atoms with Crippen molar-refractivity contribution >= 4 is 23.2 Å². The zero-order valence-corrected chi connectivity index (χ0v) is 7.22. The molecule has 12 heavy (non-hydrogen) atoms. The molecule has 0 aliphatic carbocycles. The van der Waals surface area contributed by atoms with E-state index in [1.54, 1.807) is 0 Å². The van der Waals surface area contributed by atoms with Crippen molar-refractivity contribution in [3.8, 4) is 0 Å². The van der Waals surface area contributed by atoms with Crippen LogP contribution in [0, 0.1) is 0 Å². The van der Waals surface area contributed by atoms with Crippen molar-refractivity contribution in [1.82, 2.24) is 14.9 Å². The molecule has 0 bridgehead atoms. The molecule has 0 saturated carbocycles. The molecule has 64 valence electrons. The van der Waals surface area contributed by atoms with Crippen LogP contribution >= 0.6 is 11.5 Å². The fourth-order valence-corrected chi connectivity index (χ4v) is 0.995. The van der Waals surface area contributed by atoms with Gasteiger partial charge in [0.2, 0.25) is 0 Å². The van der Waals surface area contributed by atoms with Gasteiger partial charge in [-0.3, -0.25) is 9.59 Å². The first-order chi connectivity index (χ1) is 5.70. The van der Waals surface area contributed by atoms with E-state index < -0.39 is 0 Å². The van der Waals surface area contributed by atoms with E-state index in [1.807, 2.05) is 0 Å². The standard InChI is InChI=1S/C6H7N3O2S/c1-4(10)2-7-6(11)5-3-12-9-8-5/h3H,2H2,1H3,(H,7,11). The molecule has 1 heterocycles. The lowest BCUT2D eigenvalue weighted by Gasteiger charge is -1.96. The van der Waals surface area contributed by atoms with Gasteiger partial charge in [0, 0.05) is 5.38 Å². The van der Waals surface area contributed by atoms with Crippen molar-refractivity contribution in [3.05, 3.63) is 11.1 Å². The third-order valence-corrected chi connectivity index (χ3v) is 1.60. The monoisotopic (exact) mass is 185 g/mol. The minimum absolute atomic E-state index is 0.0381. The van der Waals surface area contributed by atoms with Gasteiger partial charge in [-0.2, -0.15) is 0 Å². The molecule has 0 saturated heterocycles. The van der Waals surface area contributed by atoms with Crippen molar-refractivity contribution < 1.29 is 9.59 Å². The summed E-state index contributed by atoms with van der Waals surface area (Å²) in [5.41, 5.74) is 0.251. The minimum Gasteiger partial charge on any atom is -0.344 e. The quantitative estimate of drug-likeness (QED) is 0.711. The Morgan fingerprint density at radius 3 is 2.92 bits per heavy atom. The summed E-state index contributed by atoms with van der Waals surface area (Å²) in [6.45, 7) is 1.44. The first-order valence-electron chi connectivity index (χ1n) is 3.25. The number of rotatable bonds is 3. The molecule has 0 aromatic carbocycles. The molecule has 1 aromatic heterocycles. The number of ketones is 1. The third kappa shape index (κ3) is 2.39. The molecule has 6 heteroatoms. The fraction of sp³-hybridized carbons (Fsp3) is 0.333. The van der Waals surface area contributed by atoms with Crippen molar-refractivity contribution in [1.29, 1.82) is 0 Å². The number of hydrogen-bond donors (Lipinski definition) is 1. The van der Waals surface area contributed by atoms with E-state index in [-0.39, 0.29) is 23.9 Å². The van der Waals surface area contributed by atoms with Gasteiger partial charge in [-0.25, -0.2) is 0 Å². The Morgan fingerprint density at radius 2 is 2.42 bits per heavy atom. The Kier molecular flexibility index (Phi) is 2.87. The van der Waals surface area contributed by atoms with Gasteiger partial charge in [0.1, 0.15) is 5.78 Å². The fourth-order valence-electron chi connectivity index (χ4n) is 0.559. The van der Waals surface area contributed by atoms with Crippen LogP contribution in [0.2, 0.25) is 0 Å². The summed E-state index contributed by atoms with van der Waals surface area (Å²) in [4.78, 5) is 21.5. The smallest absolute Gasteiger partial charge is 0.273 e. The molecule has 0 aliphatic heterocycles. The van der Waals surface area contributed by atoms with E-state index in [9.17, 15) is 9.59 Å². The molecule has 1 aromatic rings. The predicted octanol–water partition coefficient (Wildman–Crippen LogP) is -0.143. The number of aromatic nitrogens is 2. The average Bonchev–Trinajstić information content (AvgIpc) is 2.51. The van der Waals surface area contributed by atoms with Gasteiger partial charge in [-0.1, -0.05) is 4.49 Å². The van der Waals surface area contributed by atoms with Crippen molar-refractivity contribution in [3.63, 3.8) is 0 Å². The van der Waals surface area contributed by atoms with Crippen LogP contribution in [0.1, 0.15) is 17.4 Å². The zero-order chi connectivity index (χ0) is 8.97. The Morgan fingerprint density at radius 1 is 1.67 bits per heavy atom. The largest absolute Gasteiger partial charge is 0.344 e. The lowest BCUT2D eigenvalue weighted by Crippen LogP contribution is -2.28. The summed E-state index contributed by atoms with van der Waals surface area (Å²) >= 11 is 1.10. The molecule has 1 amide bonds. The van der Waals surface area contributed by atoms with Crippen LogP contribution in [0.15, 0.2) is 5.38 Å². The maximum absolute atomic E-state index is 11.1. The van der Waals surface area contributed by atoms with E-state index in [0.29, 0.717) is 0 Å². The van der Waals surface area contributed by atoms with Gasteiger partial charge in [-0.05, 0) is 18.5 Å². The second-order valence-electron chi connectivity index (χ2n) is 2.17. The summed E-state index contributed by atoms with van der Waals surface area (Å²) in [5, 5.41) is 7.46. The van der Waals surface area contributed by atoms with Crippen LogP contribution in [0.25, 0.3) is 0 Å². The minimum atomic E-state index is -0.362. The molecule has 0 unspecified atom stereocenters. The first kappa shape index (κ1) is 8.79. The van der Waals surface area contributed by atoms with Crippen LogP contribution in [-0.4, -0.2) is 27.8 Å². The maximum Gasteiger partial charge on any atom is 0.273 e. The molecular formula is C6H7N3O2S. The third-order valence-electron chi connectivity index (χ3n) is 1.09. The number of amides is 1. The summed E-state index contributed by atoms with van der Waals surface area (Å²) in [5.74, 6) is -0.453. The van der Waals surface area contributed by atoms with Gasteiger partial charge >= 0.3 is 0 Å². The topological polar surface area (TPSA) is 72.0 Å². The van der Waals surface area contributed by atoms with Gasteiger partial charge in [-0.15, -0.1) is 5.10 Å². The SMILES string of the molecule is CC(=O)CNC(=O)c1csnn1. The molecule has 1 rings (SSSR count). The van der Waals surface area contributed by atoms with E-state index in [2.05, 4.69) is 14.9 Å². The highest BCUT2D eigenvalue weighted by Gasteiger charge is 2.07. The summed E-state index contributed by atoms with van der Waals surface area (Å²) in [6, 6.07) is 0. The van der Waals surface area contributed by atoms with Crippen LogP contribution in [-0.2, 0) is 4.79 Å². The molecule has 0 aliphatic rings. The van der Waals surface area contributed by atoms with Crippen molar-refractivity contribution in [2.24, 2.45) is 0 Å². The maximum atomic E-state index is 11.1. The predicted molar refractivity (Wildman–Crippen MR) is 42.9 cm³/mol. The Balaban J connectivity index is 2.45. The van der Waals surface area contributed by atoms with Crippen molar-refractivity contribution in [2.75, 3.05) is 6.54 Å². The summed E-state index contributed by atoms with van der Waals surface area (Å²) in [6.07, 6.45) is 0. The van der Waals surface area contributed by atoms with Crippen molar-refractivity contribution in [2.45, 2.75) is 6.92 Å². The lowest BCUT2D eigenvalue weighted by atomic mass is 10.4. The summed E-state index contributed by atoms with van der Waals surface area (Å²) in [7, 11) is 0. The number of carbonyl (C=O) groups excluding carboxylic acids is 2. The summed E-state index contributed by atoms with van der Waals surface area (Å²) < 4.78 is 3.52. The lowest BCUT2D eigenvalue weighted by molar-refractivity contribution is -0.116. The van der Waals surface area contributed by atoms with Crippen LogP contribution in [0.3, 0.4) is 0 Å². The van der Waals surface area contributed by atoms with E-state index in [1.165, 1.54) is 12.3 Å². The van der Waals surface area contributed by atoms with Gasteiger partial charge < -0.3 is 5.32 Å². The van der Waals surface area contributed by atoms with Crippen LogP contribution in [0.4, 0.5) is 0 Å². The highest BCUT2D eigenvalue weighted by Crippen LogP contribution is 1.95. The van der Waals surface area contributed by atoms with E-state index in [0.717, 1.165) is 11.5 Å². The molecule has 0 atom stereocenters. The van der Waals surface area contributed by atoms with E-state index >= 15 is 0 Å². The second-order valence-corrected chi connectivity index (χ2v) is 2.78. The van der Waals surface area contributed by atoms with Crippen LogP contribution < -0.4 is 5.32 Å². The number of nitrogens with zero attached hydrogens (tertiary/aromatic N) is 2. The van der Waals surface area contributed by atoms with Gasteiger partial charge in [0.05, 0.1) is 6.54 Å². The molecule has 0 radical (unpaired) electrons. The Bertz CT molecular complexity index is 283. The Hall–Kier alpha value is -1.30. The van der Waals surface area contributed by atoms with E-state index in [4.69, 9.17) is 0 Å². The van der Waals surface area contributed by atoms with Gasteiger partial charge in [0.15, 0.2) is 5.69 Å². The second kappa shape index (κ2) is 3.91. The molecule has 5 nitrogen and oxygen atoms in total. The highest BCUT2D eigenvalue weighted by molar-refractivity contribution is 7.03.